The molecule has 1 fully saturated rings. The number of hydrogen-bond donors (Lipinski definition) is 1. The van der Waals surface area contributed by atoms with Crippen LogP contribution in [0.4, 0.5) is 0 Å². The van der Waals surface area contributed by atoms with Gasteiger partial charge >= 0.3 is 0 Å². The largest absolute Gasteiger partial charge is 0.493 e. The van der Waals surface area contributed by atoms with E-state index in [0.29, 0.717) is 36.6 Å². The number of rotatable bonds is 8. The molecule has 0 atom stereocenters. The van der Waals surface area contributed by atoms with Crippen LogP contribution >= 0.6 is 0 Å². The SMILES string of the molecule is COc1cc(C(=O)NCCCN2CCCCCC2=O)ccc1OC(C)C. The van der Waals surface area contributed by atoms with Crippen LogP contribution in [0.2, 0.25) is 0 Å². The van der Waals surface area contributed by atoms with Crippen LogP contribution in [0.25, 0.3) is 0 Å². The van der Waals surface area contributed by atoms with Crippen molar-refractivity contribution in [2.75, 3.05) is 26.7 Å². The van der Waals surface area contributed by atoms with E-state index in [2.05, 4.69) is 5.32 Å². The number of hydrogen-bond acceptors (Lipinski definition) is 4. The third kappa shape index (κ3) is 5.93. The first kappa shape index (κ1) is 20.1. The van der Waals surface area contributed by atoms with E-state index in [-0.39, 0.29) is 17.9 Å². The Bertz CT molecular complexity index is 616. The van der Waals surface area contributed by atoms with Gasteiger partial charge in [0, 0.05) is 31.6 Å². The summed E-state index contributed by atoms with van der Waals surface area (Å²) in [6.45, 7) is 5.95. The molecule has 0 spiro atoms. The van der Waals surface area contributed by atoms with Crippen molar-refractivity contribution in [1.29, 1.82) is 0 Å². The minimum Gasteiger partial charge on any atom is -0.493 e. The quantitative estimate of drug-likeness (QED) is 0.722. The van der Waals surface area contributed by atoms with Gasteiger partial charge in [0.25, 0.3) is 5.91 Å². The summed E-state index contributed by atoms with van der Waals surface area (Å²) in [5.41, 5.74) is 0.531. The van der Waals surface area contributed by atoms with Gasteiger partial charge in [-0.3, -0.25) is 9.59 Å². The number of likely N-dealkylation sites (tertiary alicyclic amines) is 1. The molecule has 144 valence electrons. The van der Waals surface area contributed by atoms with Gasteiger partial charge in [0.15, 0.2) is 11.5 Å². The molecule has 1 aliphatic rings. The fourth-order valence-electron chi connectivity index (χ4n) is 3.01. The summed E-state index contributed by atoms with van der Waals surface area (Å²) in [4.78, 5) is 26.2. The number of ether oxygens (including phenoxy) is 2. The third-order valence-corrected chi connectivity index (χ3v) is 4.35. The third-order valence-electron chi connectivity index (χ3n) is 4.35. The molecule has 0 aliphatic carbocycles. The molecule has 6 heteroatoms. The fourth-order valence-corrected chi connectivity index (χ4v) is 3.01. The molecule has 1 aromatic rings. The standard InChI is InChI=1S/C20H30N2O4/c1-15(2)26-17-10-9-16(14-18(17)25-3)20(24)21-11-7-13-22-12-6-4-5-8-19(22)23/h9-10,14-15H,4-8,11-13H2,1-3H3,(H,21,24). The molecule has 1 heterocycles. The zero-order valence-corrected chi connectivity index (χ0v) is 16.0. The Kier molecular flexibility index (Phi) is 7.75. The minimum atomic E-state index is -0.151. The van der Waals surface area contributed by atoms with Crippen LogP contribution in [0, 0.1) is 0 Å². The molecular weight excluding hydrogens is 332 g/mol. The average Bonchev–Trinajstić information content (AvgIpc) is 2.82. The molecular formula is C20H30N2O4. The highest BCUT2D eigenvalue weighted by Crippen LogP contribution is 2.28. The summed E-state index contributed by atoms with van der Waals surface area (Å²) in [5, 5.41) is 2.91. The second kappa shape index (κ2) is 10.0. The molecule has 1 aliphatic heterocycles. The van der Waals surface area contributed by atoms with Gasteiger partial charge in [-0.05, 0) is 51.3 Å². The highest BCUT2D eigenvalue weighted by Gasteiger charge is 2.16. The van der Waals surface area contributed by atoms with E-state index in [4.69, 9.17) is 9.47 Å². The number of carbonyl (C=O) groups is 2. The van der Waals surface area contributed by atoms with Crippen molar-refractivity contribution in [2.45, 2.75) is 52.1 Å². The van der Waals surface area contributed by atoms with Crippen LogP contribution in [0.15, 0.2) is 18.2 Å². The Hall–Kier alpha value is -2.24. The number of nitrogens with one attached hydrogen (secondary N) is 1. The Morgan fingerprint density at radius 2 is 2.04 bits per heavy atom. The van der Waals surface area contributed by atoms with E-state index in [1.54, 1.807) is 25.3 Å². The van der Waals surface area contributed by atoms with Crippen molar-refractivity contribution in [3.63, 3.8) is 0 Å². The van der Waals surface area contributed by atoms with Crippen molar-refractivity contribution in [3.05, 3.63) is 23.8 Å². The van der Waals surface area contributed by atoms with Crippen LogP contribution in [0.3, 0.4) is 0 Å². The molecule has 1 saturated heterocycles. The first-order chi connectivity index (χ1) is 12.5. The van der Waals surface area contributed by atoms with Gasteiger partial charge in [0.1, 0.15) is 0 Å². The first-order valence-corrected chi connectivity index (χ1v) is 9.42. The molecule has 26 heavy (non-hydrogen) atoms. The van der Waals surface area contributed by atoms with Crippen molar-refractivity contribution in [3.8, 4) is 11.5 Å². The molecule has 0 aromatic heterocycles. The van der Waals surface area contributed by atoms with E-state index >= 15 is 0 Å². The van der Waals surface area contributed by atoms with Crippen LogP contribution in [-0.4, -0.2) is 49.6 Å². The molecule has 2 amide bonds. The Labute approximate surface area is 155 Å². The molecule has 1 N–H and O–H groups in total. The summed E-state index contributed by atoms with van der Waals surface area (Å²) >= 11 is 0. The van der Waals surface area contributed by atoms with Gasteiger partial charge in [-0.2, -0.15) is 0 Å². The zero-order valence-electron chi connectivity index (χ0n) is 16.0. The predicted octanol–water partition coefficient (Wildman–Crippen LogP) is 3.00. The zero-order chi connectivity index (χ0) is 18.9. The van der Waals surface area contributed by atoms with Gasteiger partial charge in [0.05, 0.1) is 13.2 Å². The number of nitrogens with zero attached hydrogens (tertiary/aromatic N) is 1. The van der Waals surface area contributed by atoms with Gasteiger partial charge in [-0.1, -0.05) is 6.42 Å². The monoisotopic (exact) mass is 362 g/mol. The van der Waals surface area contributed by atoms with Gasteiger partial charge in [-0.15, -0.1) is 0 Å². The average molecular weight is 362 g/mol. The molecule has 6 nitrogen and oxygen atoms in total. The smallest absolute Gasteiger partial charge is 0.251 e. The lowest BCUT2D eigenvalue weighted by atomic mass is 10.2. The van der Waals surface area contributed by atoms with Crippen LogP contribution in [-0.2, 0) is 4.79 Å². The molecule has 1 aromatic carbocycles. The number of amides is 2. The first-order valence-electron chi connectivity index (χ1n) is 9.42. The van der Waals surface area contributed by atoms with E-state index in [9.17, 15) is 9.59 Å². The summed E-state index contributed by atoms with van der Waals surface area (Å²) in [7, 11) is 1.56. The van der Waals surface area contributed by atoms with Crippen molar-refractivity contribution in [1.82, 2.24) is 10.2 Å². The highest BCUT2D eigenvalue weighted by molar-refractivity contribution is 5.94. The van der Waals surface area contributed by atoms with Crippen LogP contribution < -0.4 is 14.8 Å². The second-order valence-corrected chi connectivity index (χ2v) is 6.83. The minimum absolute atomic E-state index is 0.0327. The van der Waals surface area contributed by atoms with E-state index < -0.39 is 0 Å². The molecule has 0 bridgehead atoms. The number of carbonyl (C=O) groups excluding carboxylic acids is 2. The Morgan fingerprint density at radius 1 is 1.23 bits per heavy atom. The van der Waals surface area contributed by atoms with E-state index in [0.717, 1.165) is 32.2 Å². The summed E-state index contributed by atoms with van der Waals surface area (Å²) in [6, 6.07) is 5.17. The Balaban J connectivity index is 1.82. The summed E-state index contributed by atoms with van der Waals surface area (Å²) in [6.07, 6.45) is 4.62. The van der Waals surface area contributed by atoms with Crippen molar-refractivity contribution >= 4 is 11.8 Å². The van der Waals surface area contributed by atoms with Gasteiger partial charge < -0.3 is 19.7 Å². The van der Waals surface area contributed by atoms with E-state index in [1.807, 2.05) is 18.7 Å². The lowest BCUT2D eigenvalue weighted by Gasteiger charge is -2.20. The summed E-state index contributed by atoms with van der Waals surface area (Å²) in [5.74, 6) is 1.25. The molecule has 0 saturated carbocycles. The van der Waals surface area contributed by atoms with E-state index in [1.165, 1.54) is 0 Å². The molecule has 0 radical (unpaired) electrons. The second-order valence-electron chi connectivity index (χ2n) is 6.83. The fraction of sp³-hybridized carbons (Fsp3) is 0.600. The predicted molar refractivity (Wildman–Crippen MR) is 101 cm³/mol. The lowest BCUT2D eigenvalue weighted by molar-refractivity contribution is -0.130. The maximum absolute atomic E-state index is 12.3. The van der Waals surface area contributed by atoms with Crippen LogP contribution in [0.5, 0.6) is 11.5 Å². The normalized spacial score (nSPS) is 14.9. The topological polar surface area (TPSA) is 67.9 Å². The molecule has 2 rings (SSSR count). The van der Waals surface area contributed by atoms with Crippen molar-refractivity contribution < 1.29 is 19.1 Å². The Morgan fingerprint density at radius 3 is 2.77 bits per heavy atom. The van der Waals surface area contributed by atoms with Gasteiger partial charge in [-0.25, -0.2) is 0 Å². The lowest BCUT2D eigenvalue weighted by Crippen LogP contribution is -2.34. The number of benzene rings is 1. The molecule has 0 unspecified atom stereocenters. The van der Waals surface area contributed by atoms with Gasteiger partial charge in [0.2, 0.25) is 5.91 Å². The summed E-state index contributed by atoms with van der Waals surface area (Å²) < 4.78 is 11.0. The van der Waals surface area contributed by atoms with Crippen LogP contribution in [0.1, 0.15) is 56.3 Å². The highest BCUT2D eigenvalue weighted by atomic mass is 16.5. The number of methoxy groups -OCH3 is 1. The van der Waals surface area contributed by atoms with Crippen molar-refractivity contribution in [2.24, 2.45) is 0 Å². The maximum Gasteiger partial charge on any atom is 0.251 e. The maximum atomic E-state index is 12.3.